The van der Waals surface area contributed by atoms with E-state index < -0.39 is 0 Å². The van der Waals surface area contributed by atoms with Crippen molar-refractivity contribution in [2.45, 2.75) is 19.5 Å². The van der Waals surface area contributed by atoms with Crippen molar-refractivity contribution < 1.29 is 9.26 Å². The SMILES string of the molecule is COCC(c1ccccn1)N(C)Cc1cc(C)no1. The van der Waals surface area contributed by atoms with E-state index >= 15 is 0 Å². The fourth-order valence-electron chi connectivity index (χ4n) is 2.02. The Balaban J connectivity index is 2.10. The third-order valence-corrected chi connectivity index (χ3v) is 2.97. The number of hydrogen-bond acceptors (Lipinski definition) is 5. The lowest BCUT2D eigenvalue weighted by Crippen LogP contribution is -2.28. The van der Waals surface area contributed by atoms with Gasteiger partial charge in [-0.05, 0) is 26.1 Å². The summed E-state index contributed by atoms with van der Waals surface area (Å²) in [4.78, 5) is 6.54. The summed E-state index contributed by atoms with van der Waals surface area (Å²) in [5.74, 6) is 0.844. The number of aryl methyl sites for hydroxylation is 1. The average Bonchev–Trinajstić information content (AvgIpc) is 2.82. The topological polar surface area (TPSA) is 51.4 Å². The Kier molecular flexibility index (Phi) is 4.65. The number of likely N-dealkylation sites (N-methyl/N-ethyl adjacent to an activating group) is 1. The number of rotatable bonds is 6. The van der Waals surface area contributed by atoms with Crippen LogP contribution in [-0.4, -0.2) is 35.8 Å². The Morgan fingerprint density at radius 3 is 2.84 bits per heavy atom. The van der Waals surface area contributed by atoms with Gasteiger partial charge in [-0.3, -0.25) is 9.88 Å². The van der Waals surface area contributed by atoms with Gasteiger partial charge in [0.15, 0.2) is 5.76 Å². The summed E-state index contributed by atoms with van der Waals surface area (Å²) in [6.45, 7) is 3.17. The molecule has 0 amide bonds. The molecule has 2 aromatic heterocycles. The zero-order chi connectivity index (χ0) is 13.7. The van der Waals surface area contributed by atoms with Crippen LogP contribution in [0.15, 0.2) is 35.0 Å². The number of ether oxygens (including phenoxy) is 1. The molecule has 0 radical (unpaired) electrons. The van der Waals surface area contributed by atoms with E-state index in [1.807, 2.05) is 38.2 Å². The second-order valence-corrected chi connectivity index (χ2v) is 4.58. The van der Waals surface area contributed by atoms with E-state index in [0.717, 1.165) is 17.1 Å². The van der Waals surface area contributed by atoms with Crippen molar-refractivity contribution in [1.29, 1.82) is 0 Å². The van der Waals surface area contributed by atoms with Gasteiger partial charge in [0, 0.05) is 19.4 Å². The first-order valence-corrected chi connectivity index (χ1v) is 6.23. The van der Waals surface area contributed by atoms with Gasteiger partial charge in [0.25, 0.3) is 0 Å². The molecule has 0 N–H and O–H groups in total. The molecule has 5 heteroatoms. The molecule has 1 unspecified atom stereocenters. The first-order valence-electron chi connectivity index (χ1n) is 6.23. The Morgan fingerprint density at radius 1 is 1.42 bits per heavy atom. The van der Waals surface area contributed by atoms with Crippen molar-refractivity contribution in [1.82, 2.24) is 15.0 Å². The largest absolute Gasteiger partial charge is 0.383 e. The second kappa shape index (κ2) is 6.45. The molecule has 1 atom stereocenters. The molecule has 0 bridgehead atoms. The highest BCUT2D eigenvalue weighted by Gasteiger charge is 2.19. The van der Waals surface area contributed by atoms with Gasteiger partial charge >= 0.3 is 0 Å². The van der Waals surface area contributed by atoms with E-state index in [9.17, 15) is 0 Å². The lowest BCUT2D eigenvalue weighted by molar-refractivity contribution is 0.0943. The van der Waals surface area contributed by atoms with Gasteiger partial charge in [0.05, 0.1) is 30.6 Å². The molecule has 0 fully saturated rings. The van der Waals surface area contributed by atoms with Gasteiger partial charge in [0.2, 0.25) is 0 Å². The van der Waals surface area contributed by atoms with Gasteiger partial charge in [-0.25, -0.2) is 0 Å². The molecule has 0 spiro atoms. The molecule has 0 saturated carbocycles. The first-order chi connectivity index (χ1) is 9.20. The van der Waals surface area contributed by atoms with Crippen LogP contribution in [0.25, 0.3) is 0 Å². The molecule has 0 aliphatic heterocycles. The molecule has 0 saturated heterocycles. The van der Waals surface area contributed by atoms with Crippen molar-refractivity contribution in [3.05, 3.63) is 47.6 Å². The smallest absolute Gasteiger partial charge is 0.150 e. The minimum Gasteiger partial charge on any atom is -0.383 e. The van der Waals surface area contributed by atoms with Gasteiger partial charge in [-0.2, -0.15) is 0 Å². The monoisotopic (exact) mass is 261 g/mol. The maximum absolute atomic E-state index is 5.29. The van der Waals surface area contributed by atoms with Crippen LogP contribution in [-0.2, 0) is 11.3 Å². The van der Waals surface area contributed by atoms with E-state index in [1.165, 1.54) is 0 Å². The maximum atomic E-state index is 5.29. The normalized spacial score (nSPS) is 12.8. The highest BCUT2D eigenvalue weighted by atomic mass is 16.5. The third kappa shape index (κ3) is 3.62. The third-order valence-electron chi connectivity index (χ3n) is 2.97. The summed E-state index contributed by atoms with van der Waals surface area (Å²) >= 11 is 0. The second-order valence-electron chi connectivity index (χ2n) is 4.58. The molecule has 2 aromatic rings. The summed E-state index contributed by atoms with van der Waals surface area (Å²) < 4.78 is 10.5. The highest BCUT2D eigenvalue weighted by molar-refractivity contribution is 5.10. The average molecular weight is 261 g/mol. The Bertz CT molecular complexity index is 498. The molecule has 0 aliphatic rings. The fraction of sp³-hybridized carbons (Fsp3) is 0.429. The van der Waals surface area contributed by atoms with Crippen LogP contribution in [0.2, 0.25) is 0 Å². The van der Waals surface area contributed by atoms with E-state index in [4.69, 9.17) is 9.26 Å². The summed E-state index contributed by atoms with van der Waals surface area (Å²) in [5, 5.41) is 3.90. The molecule has 2 rings (SSSR count). The van der Waals surface area contributed by atoms with Crippen molar-refractivity contribution in [2.24, 2.45) is 0 Å². The van der Waals surface area contributed by atoms with Crippen molar-refractivity contribution in [3.63, 3.8) is 0 Å². The number of methoxy groups -OCH3 is 1. The number of aromatic nitrogens is 2. The summed E-state index contributed by atoms with van der Waals surface area (Å²) in [5.41, 5.74) is 1.88. The van der Waals surface area contributed by atoms with E-state index in [-0.39, 0.29) is 6.04 Å². The molecule has 19 heavy (non-hydrogen) atoms. The van der Waals surface area contributed by atoms with Gasteiger partial charge in [0.1, 0.15) is 0 Å². The van der Waals surface area contributed by atoms with Crippen LogP contribution in [0.1, 0.15) is 23.2 Å². The van der Waals surface area contributed by atoms with E-state index in [1.54, 1.807) is 13.3 Å². The molecular formula is C14H19N3O2. The first kappa shape index (κ1) is 13.7. The molecule has 102 valence electrons. The molecule has 2 heterocycles. The lowest BCUT2D eigenvalue weighted by Gasteiger charge is -2.25. The van der Waals surface area contributed by atoms with Crippen molar-refractivity contribution in [2.75, 3.05) is 20.8 Å². The fourth-order valence-corrected chi connectivity index (χ4v) is 2.02. The predicted molar refractivity (Wildman–Crippen MR) is 71.6 cm³/mol. The van der Waals surface area contributed by atoms with Crippen LogP contribution in [0.4, 0.5) is 0 Å². The Morgan fingerprint density at radius 2 is 2.26 bits per heavy atom. The van der Waals surface area contributed by atoms with E-state index in [0.29, 0.717) is 13.2 Å². The molecule has 5 nitrogen and oxygen atoms in total. The number of nitrogens with zero attached hydrogens (tertiary/aromatic N) is 3. The minimum atomic E-state index is 0.0941. The van der Waals surface area contributed by atoms with Crippen LogP contribution in [0.3, 0.4) is 0 Å². The van der Waals surface area contributed by atoms with Crippen molar-refractivity contribution >= 4 is 0 Å². The highest BCUT2D eigenvalue weighted by Crippen LogP contribution is 2.19. The molecule has 0 aromatic carbocycles. The summed E-state index contributed by atoms with van der Waals surface area (Å²) in [7, 11) is 3.72. The van der Waals surface area contributed by atoms with Gasteiger partial charge in [-0.15, -0.1) is 0 Å². The summed E-state index contributed by atoms with van der Waals surface area (Å²) in [6, 6.07) is 7.94. The minimum absolute atomic E-state index is 0.0941. The Labute approximate surface area is 113 Å². The number of hydrogen-bond donors (Lipinski definition) is 0. The van der Waals surface area contributed by atoms with Crippen LogP contribution in [0, 0.1) is 6.92 Å². The zero-order valence-corrected chi connectivity index (χ0v) is 11.5. The van der Waals surface area contributed by atoms with Crippen LogP contribution < -0.4 is 0 Å². The summed E-state index contributed by atoms with van der Waals surface area (Å²) in [6.07, 6.45) is 1.80. The lowest BCUT2D eigenvalue weighted by atomic mass is 10.1. The quantitative estimate of drug-likeness (QED) is 0.798. The molecule has 0 aliphatic carbocycles. The van der Waals surface area contributed by atoms with Gasteiger partial charge in [-0.1, -0.05) is 11.2 Å². The predicted octanol–water partition coefficient (Wildman–Crippen LogP) is 2.20. The van der Waals surface area contributed by atoms with Crippen LogP contribution in [0.5, 0.6) is 0 Å². The van der Waals surface area contributed by atoms with Crippen LogP contribution >= 0.6 is 0 Å². The van der Waals surface area contributed by atoms with E-state index in [2.05, 4.69) is 15.0 Å². The molecular weight excluding hydrogens is 242 g/mol. The zero-order valence-electron chi connectivity index (χ0n) is 11.5. The Hall–Kier alpha value is -1.72. The standard InChI is InChI=1S/C14H19N3O2/c1-11-8-12(19-16-11)9-17(2)14(10-18-3)13-6-4-5-7-15-13/h4-8,14H,9-10H2,1-3H3. The van der Waals surface area contributed by atoms with Gasteiger partial charge < -0.3 is 9.26 Å². The maximum Gasteiger partial charge on any atom is 0.150 e. The number of pyridine rings is 1. The van der Waals surface area contributed by atoms with Crippen molar-refractivity contribution in [3.8, 4) is 0 Å².